The maximum atomic E-state index is 12.3. The molecule has 1 amide bonds. The van der Waals surface area contributed by atoms with Gasteiger partial charge >= 0.3 is 0 Å². The summed E-state index contributed by atoms with van der Waals surface area (Å²) >= 11 is 0. The van der Waals surface area contributed by atoms with E-state index >= 15 is 0 Å². The molecule has 0 aliphatic carbocycles. The number of benzene rings is 1. The van der Waals surface area contributed by atoms with Crippen LogP contribution in [0.1, 0.15) is 38.2 Å². The summed E-state index contributed by atoms with van der Waals surface area (Å²) in [4.78, 5) is 14.2. The van der Waals surface area contributed by atoms with Gasteiger partial charge in [0.1, 0.15) is 0 Å². The van der Waals surface area contributed by atoms with Crippen LogP contribution < -0.4 is 15.2 Å². The van der Waals surface area contributed by atoms with Crippen LogP contribution in [-0.4, -0.2) is 43.7 Å². The van der Waals surface area contributed by atoms with E-state index in [9.17, 15) is 4.79 Å². The van der Waals surface area contributed by atoms with E-state index in [1.54, 1.807) is 21.1 Å². The summed E-state index contributed by atoms with van der Waals surface area (Å²) in [7, 11) is 3.28. The molecule has 2 rings (SSSR count). The first kappa shape index (κ1) is 17.6. The van der Waals surface area contributed by atoms with Crippen LogP contribution in [0.25, 0.3) is 0 Å². The number of carbonyl (C=O) groups is 1. The molecule has 5 heteroatoms. The van der Waals surface area contributed by atoms with Gasteiger partial charge in [-0.1, -0.05) is 6.07 Å². The van der Waals surface area contributed by atoms with Gasteiger partial charge in [-0.3, -0.25) is 4.79 Å². The average molecular weight is 320 g/mol. The number of carbonyl (C=O) groups excluding carboxylic acids is 1. The molecule has 1 aliphatic heterocycles. The van der Waals surface area contributed by atoms with Gasteiger partial charge in [0, 0.05) is 12.6 Å². The first-order valence-electron chi connectivity index (χ1n) is 8.33. The van der Waals surface area contributed by atoms with Crippen LogP contribution in [0.3, 0.4) is 0 Å². The summed E-state index contributed by atoms with van der Waals surface area (Å²) in [6, 6.07) is 5.87. The quantitative estimate of drug-likeness (QED) is 0.874. The van der Waals surface area contributed by atoms with Gasteiger partial charge < -0.3 is 20.1 Å². The van der Waals surface area contributed by atoms with Crippen molar-refractivity contribution in [2.45, 2.75) is 51.1 Å². The monoisotopic (exact) mass is 320 g/mol. The fourth-order valence-corrected chi connectivity index (χ4v) is 3.22. The van der Waals surface area contributed by atoms with Crippen LogP contribution in [0, 0.1) is 0 Å². The molecule has 128 valence electrons. The Balaban J connectivity index is 2.02. The summed E-state index contributed by atoms with van der Waals surface area (Å²) in [5.74, 6) is 1.56. The molecule has 0 spiro atoms. The fraction of sp³-hybridized carbons (Fsp3) is 0.611. The molecule has 0 aromatic heterocycles. The van der Waals surface area contributed by atoms with E-state index in [0.717, 1.165) is 43.7 Å². The van der Waals surface area contributed by atoms with Crippen molar-refractivity contribution >= 4 is 5.91 Å². The lowest BCUT2D eigenvalue weighted by Gasteiger charge is -2.37. The zero-order valence-corrected chi connectivity index (χ0v) is 14.4. The van der Waals surface area contributed by atoms with Crippen molar-refractivity contribution in [2.24, 2.45) is 5.73 Å². The number of methoxy groups -OCH3 is 2. The molecule has 1 fully saturated rings. The van der Waals surface area contributed by atoms with Crippen LogP contribution in [-0.2, 0) is 11.2 Å². The number of likely N-dealkylation sites (tertiary alicyclic amines) is 1. The zero-order valence-electron chi connectivity index (χ0n) is 14.4. The molecule has 1 aromatic rings. The standard InChI is InChI=1S/C18H28N2O3/c1-13(19)18(21)20-11-5-4-6-15(20)9-7-14-8-10-16(22-2)17(12-14)23-3/h8,10,12-13,15H,4-7,9,11,19H2,1-3H3/t13-,15+/m0/s1. The Morgan fingerprint density at radius 2 is 2.04 bits per heavy atom. The van der Waals surface area contributed by atoms with Crippen molar-refractivity contribution in [3.05, 3.63) is 23.8 Å². The summed E-state index contributed by atoms with van der Waals surface area (Å²) < 4.78 is 10.6. The molecule has 0 bridgehead atoms. The van der Waals surface area contributed by atoms with Gasteiger partial charge in [-0.15, -0.1) is 0 Å². The van der Waals surface area contributed by atoms with E-state index < -0.39 is 6.04 Å². The van der Waals surface area contributed by atoms with Crippen LogP contribution in [0.2, 0.25) is 0 Å². The van der Waals surface area contributed by atoms with Crippen LogP contribution in [0.5, 0.6) is 11.5 Å². The number of amides is 1. The molecule has 2 atom stereocenters. The predicted octanol–water partition coefficient (Wildman–Crippen LogP) is 2.36. The summed E-state index contributed by atoms with van der Waals surface area (Å²) in [6.07, 6.45) is 5.18. The number of rotatable bonds is 6. The van der Waals surface area contributed by atoms with Gasteiger partial charge in [0.2, 0.25) is 5.91 Å². The highest BCUT2D eigenvalue weighted by Crippen LogP contribution is 2.29. The third kappa shape index (κ3) is 4.38. The largest absolute Gasteiger partial charge is 0.493 e. The molecule has 2 N–H and O–H groups in total. The molecule has 1 saturated heterocycles. The van der Waals surface area contributed by atoms with Gasteiger partial charge in [-0.2, -0.15) is 0 Å². The second kappa shape index (κ2) is 8.20. The zero-order chi connectivity index (χ0) is 16.8. The van der Waals surface area contributed by atoms with E-state index in [2.05, 4.69) is 6.07 Å². The highest BCUT2D eigenvalue weighted by molar-refractivity contribution is 5.81. The summed E-state index contributed by atoms with van der Waals surface area (Å²) in [5.41, 5.74) is 6.98. The molecular weight excluding hydrogens is 292 g/mol. The minimum Gasteiger partial charge on any atom is -0.493 e. The third-order valence-electron chi connectivity index (χ3n) is 4.51. The number of nitrogens with zero attached hydrogens (tertiary/aromatic N) is 1. The lowest BCUT2D eigenvalue weighted by molar-refractivity contribution is -0.136. The van der Waals surface area contributed by atoms with Crippen molar-refractivity contribution in [1.82, 2.24) is 4.90 Å². The number of piperidine rings is 1. The summed E-state index contributed by atoms with van der Waals surface area (Å²) in [6.45, 7) is 2.60. The lowest BCUT2D eigenvalue weighted by atomic mass is 9.95. The van der Waals surface area contributed by atoms with Crippen molar-refractivity contribution in [3.8, 4) is 11.5 Å². The average Bonchev–Trinajstić information content (AvgIpc) is 2.59. The summed E-state index contributed by atoms with van der Waals surface area (Å²) in [5, 5.41) is 0. The van der Waals surface area contributed by atoms with Gasteiger partial charge in [0.25, 0.3) is 0 Å². The van der Waals surface area contributed by atoms with E-state index in [1.807, 2.05) is 17.0 Å². The molecular formula is C18H28N2O3. The fourth-order valence-electron chi connectivity index (χ4n) is 3.22. The van der Waals surface area contributed by atoms with Crippen LogP contribution in [0.15, 0.2) is 18.2 Å². The number of nitrogens with two attached hydrogens (primary N) is 1. The Kier molecular flexibility index (Phi) is 6.28. The minimum absolute atomic E-state index is 0.0713. The van der Waals surface area contributed by atoms with Gasteiger partial charge in [0.05, 0.1) is 20.3 Å². The maximum Gasteiger partial charge on any atom is 0.239 e. The van der Waals surface area contributed by atoms with Crippen molar-refractivity contribution in [2.75, 3.05) is 20.8 Å². The van der Waals surface area contributed by atoms with E-state index in [1.165, 1.54) is 12.0 Å². The van der Waals surface area contributed by atoms with Gasteiger partial charge in [-0.05, 0) is 56.7 Å². The Labute approximate surface area is 138 Å². The molecule has 1 heterocycles. The van der Waals surface area contributed by atoms with Gasteiger partial charge in [0.15, 0.2) is 11.5 Å². The molecule has 5 nitrogen and oxygen atoms in total. The number of hydrogen-bond acceptors (Lipinski definition) is 4. The van der Waals surface area contributed by atoms with Crippen molar-refractivity contribution < 1.29 is 14.3 Å². The SMILES string of the molecule is COc1ccc(CC[C@H]2CCCCN2C(=O)[C@H](C)N)cc1OC. The Morgan fingerprint density at radius 3 is 2.70 bits per heavy atom. The molecule has 0 radical (unpaired) electrons. The highest BCUT2D eigenvalue weighted by Gasteiger charge is 2.28. The number of ether oxygens (including phenoxy) is 2. The van der Waals surface area contributed by atoms with Crippen molar-refractivity contribution in [1.29, 1.82) is 0 Å². The first-order chi connectivity index (χ1) is 11.1. The topological polar surface area (TPSA) is 64.8 Å². The third-order valence-corrected chi connectivity index (χ3v) is 4.51. The molecule has 23 heavy (non-hydrogen) atoms. The van der Waals surface area contributed by atoms with E-state index in [-0.39, 0.29) is 11.9 Å². The van der Waals surface area contributed by atoms with Crippen molar-refractivity contribution in [3.63, 3.8) is 0 Å². The number of aryl methyl sites for hydroxylation is 1. The van der Waals surface area contributed by atoms with E-state index in [4.69, 9.17) is 15.2 Å². The Bertz CT molecular complexity index is 531. The minimum atomic E-state index is -0.420. The second-order valence-corrected chi connectivity index (χ2v) is 6.20. The first-order valence-corrected chi connectivity index (χ1v) is 8.33. The highest BCUT2D eigenvalue weighted by atomic mass is 16.5. The predicted molar refractivity (Wildman–Crippen MR) is 90.9 cm³/mol. The van der Waals surface area contributed by atoms with E-state index in [0.29, 0.717) is 0 Å². The smallest absolute Gasteiger partial charge is 0.239 e. The normalized spacial score (nSPS) is 19.3. The van der Waals surface area contributed by atoms with Crippen LogP contribution in [0.4, 0.5) is 0 Å². The lowest BCUT2D eigenvalue weighted by Crippen LogP contribution is -2.49. The molecule has 1 aliphatic rings. The van der Waals surface area contributed by atoms with Crippen LogP contribution >= 0.6 is 0 Å². The molecule has 1 aromatic carbocycles. The molecule has 0 saturated carbocycles. The number of hydrogen-bond donors (Lipinski definition) is 1. The maximum absolute atomic E-state index is 12.3. The molecule has 0 unspecified atom stereocenters. The van der Waals surface area contributed by atoms with Gasteiger partial charge in [-0.25, -0.2) is 0 Å². The Hall–Kier alpha value is -1.75. The second-order valence-electron chi connectivity index (χ2n) is 6.20. The Morgan fingerprint density at radius 1 is 1.30 bits per heavy atom.